The van der Waals surface area contributed by atoms with Gasteiger partial charge in [0, 0.05) is 18.4 Å². The highest BCUT2D eigenvalue weighted by Crippen LogP contribution is 2.20. The predicted octanol–water partition coefficient (Wildman–Crippen LogP) is 7.64. The number of unbranched alkanes of at least 4 members (excludes halogenated alkanes) is 8. The van der Waals surface area contributed by atoms with E-state index in [2.05, 4.69) is 50.0 Å². The molecular formula is C31H55NO4. The Bertz CT molecular complexity index is 620. The Morgan fingerprint density at radius 1 is 0.806 bits per heavy atom. The molecule has 0 amide bonds. The molecule has 1 unspecified atom stereocenters. The number of likely N-dealkylation sites (tertiary alicyclic amines) is 1. The van der Waals surface area contributed by atoms with Crippen molar-refractivity contribution in [3.05, 3.63) is 24.3 Å². The van der Waals surface area contributed by atoms with Crippen LogP contribution in [-0.2, 0) is 19.1 Å². The summed E-state index contributed by atoms with van der Waals surface area (Å²) in [6, 6.07) is 0.529. The van der Waals surface area contributed by atoms with Gasteiger partial charge in [-0.05, 0) is 78.3 Å². The number of carbonyl (C=O) groups is 2. The van der Waals surface area contributed by atoms with E-state index < -0.39 is 0 Å². The Kier molecular flexibility index (Phi) is 19.3. The molecule has 0 radical (unpaired) electrons. The standard InChI is InChI=1S/C31H55NO4/c1-5-6-7-8-9-10-11-12-13-14-15-16-17-18-19-20-30(33)35-25-28(4)26-36-31(34)29-21-23-32(24-22-29)27(2)3/h9-10,12-13,27-29H,5-8,11,14-26H2,1-4H3/b10-9-,13-12-. The van der Waals surface area contributed by atoms with E-state index in [0.717, 1.165) is 51.6 Å². The van der Waals surface area contributed by atoms with Crippen LogP contribution >= 0.6 is 0 Å². The molecule has 1 aliphatic heterocycles. The predicted molar refractivity (Wildman–Crippen MR) is 150 cm³/mol. The van der Waals surface area contributed by atoms with Crippen LogP contribution in [0.5, 0.6) is 0 Å². The Hall–Kier alpha value is -1.62. The van der Waals surface area contributed by atoms with Gasteiger partial charge in [-0.1, -0.05) is 70.3 Å². The Morgan fingerprint density at radius 3 is 2.03 bits per heavy atom. The summed E-state index contributed by atoms with van der Waals surface area (Å²) >= 11 is 0. The van der Waals surface area contributed by atoms with Gasteiger partial charge >= 0.3 is 11.9 Å². The van der Waals surface area contributed by atoms with Crippen molar-refractivity contribution in [1.82, 2.24) is 4.90 Å². The van der Waals surface area contributed by atoms with Gasteiger partial charge in [-0.3, -0.25) is 9.59 Å². The van der Waals surface area contributed by atoms with Gasteiger partial charge < -0.3 is 14.4 Å². The molecule has 1 rings (SSSR count). The first-order valence-corrected chi connectivity index (χ1v) is 14.8. The second kappa shape index (κ2) is 21.5. The van der Waals surface area contributed by atoms with E-state index in [0.29, 0.717) is 25.7 Å². The Morgan fingerprint density at radius 2 is 1.39 bits per heavy atom. The summed E-state index contributed by atoms with van der Waals surface area (Å²) in [5, 5.41) is 0. The SMILES string of the molecule is CCCCC/C=C\C/C=C\CCCCCCCC(=O)OCC(C)COC(=O)C1CCN(C(C)C)CC1. The van der Waals surface area contributed by atoms with Crippen molar-refractivity contribution in [3.63, 3.8) is 0 Å². The maximum absolute atomic E-state index is 12.3. The lowest BCUT2D eigenvalue weighted by atomic mass is 9.96. The molecule has 0 aliphatic carbocycles. The highest BCUT2D eigenvalue weighted by atomic mass is 16.5. The number of nitrogens with zero attached hydrogens (tertiary/aromatic N) is 1. The first-order chi connectivity index (χ1) is 17.4. The van der Waals surface area contributed by atoms with E-state index >= 15 is 0 Å². The molecule has 0 aromatic rings. The van der Waals surface area contributed by atoms with Gasteiger partial charge in [-0.25, -0.2) is 0 Å². The number of esters is 2. The molecule has 208 valence electrons. The fourth-order valence-electron chi connectivity index (χ4n) is 4.43. The quantitative estimate of drug-likeness (QED) is 0.0966. The molecule has 36 heavy (non-hydrogen) atoms. The van der Waals surface area contributed by atoms with E-state index in [4.69, 9.17) is 9.47 Å². The summed E-state index contributed by atoms with van der Waals surface area (Å²) in [5.74, 6) is -0.201. The molecule has 5 nitrogen and oxygen atoms in total. The summed E-state index contributed by atoms with van der Waals surface area (Å²) in [7, 11) is 0. The number of hydrogen-bond donors (Lipinski definition) is 0. The fourth-order valence-corrected chi connectivity index (χ4v) is 4.43. The van der Waals surface area contributed by atoms with E-state index in [1.807, 2.05) is 6.92 Å². The van der Waals surface area contributed by atoms with Crippen LogP contribution in [0.25, 0.3) is 0 Å². The number of hydrogen-bond acceptors (Lipinski definition) is 5. The molecule has 0 bridgehead atoms. The van der Waals surface area contributed by atoms with Crippen LogP contribution in [0.2, 0.25) is 0 Å². The van der Waals surface area contributed by atoms with Crippen LogP contribution in [0, 0.1) is 11.8 Å². The zero-order valence-corrected chi connectivity index (χ0v) is 23.8. The topological polar surface area (TPSA) is 55.8 Å². The normalized spacial score (nSPS) is 16.2. The smallest absolute Gasteiger partial charge is 0.309 e. The molecule has 0 spiro atoms. The molecule has 0 aromatic carbocycles. The van der Waals surface area contributed by atoms with E-state index in [9.17, 15) is 9.59 Å². The zero-order valence-electron chi connectivity index (χ0n) is 23.8. The zero-order chi connectivity index (χ0) is 26.4. The number of ether oxygens (including phenoxy) is 2. The number of piperidine rings is 1. The number of carbonyl (C=O) groups excluding carboxylic acids is 2. The summed E-state index contributed by atoms with van der Waals surface area (Å²) in [6.45, 7) is 11.1. The first-order valence-electron chi connectivity index (χ1n) is 14.8. The third-order valence-electron chi connectivity index (χ3n) is 6.96. The molecular weight excluding hydrogens is 450 g/mol. The third kappa shape index (κ3) is 16.9. The highest BCUT2D eigenvalue weighted by Gasteiger charge is 2.27. The molecule has 0 N–H and O–H groups in total. The van der Waals surface area contributed by atoms with Crippen LogP contribution in [0.4, 0.5) is 0 Å². The van der Waals surface area contributed by atoms with Crippen LogP contribution in [0.3, 0.4) is 0 Å². The van der Waals surface area contributed by atoms with Gasteiger partial charge in [-0.15, -0.1) is 0 Å². The van der Waals surface area contributed by atoms with Crippen molar-refractivity contribution >= 4 is 11.9 Å². The van der Waals surface area contributed by atoms with E-state index in [1.165, 1.54) is 44.9 Å². The molecule has 1 atom stereocenters. The maximum atomic E-state index is 12.3. The van der Waals surface area contributed by atoms with Gasteiger partial charge in [0.05, 0.1) is 19.1 Å². The van der Waals surface area contributed by atoms with Gasteiger partial charge in [-0.2, -0.15) is 0 Å². The third-order valence-corrected chi connectivity index (χ3v) is 6.96. The number of allylic oxidation sites excluding steroid dienone is 4. The minimum atomic E-state index is -0.139. The van der Waals surface area contributed by atoms with E-state index in [-0.39, 0.29) is 23.8 Å². The summed E-state index contributed by atoms with van der Waals surface area (Å²) in [6.07, 6.45) is 24.2. The molecule has 5 heteroatoms. The largest absolute Gasteiger partial charge is 0.465 e. The lowest BCUT2D eigenvalue weighted by Gasteiger charge is -2.33. The molecule has 1 aliphatic rings. The number of rotatable bonds is 20. The Labute approximate surface area is 222 Å². The summed E-state index contributed by atoms with van der Waals surface area (Å²) in [5.41, 5.74) is 0. The van der Waals surface area contributed by atoms with Crippen LogP contribution < -0.4 is 0 Å². The average Bonchev–Trinajstić information content (AvgIpc) is 2.88. The van der Waals surface area contributed by atoms with Gasteiger partial charge in [0.1, 0.15) is 0 Å². The van der Waals surface area contributed by atoms with Crippen LogP contribution in [-0.4, -0.2) is 49.2 Å². The summed E-state index contributed by atoms with van der Waals surface area (Å²) < 4.78 is 10.9. The average molecular weight is 506 g/mol. The lowest BCUT2D eigenvalue weighted by molar-refractivity contribution is -0.153. The van der Waals surface area contributed by atoms with Crippen molar-refractivity contribution < 1.29 is 19.1 Å². The van der Waals surface area contributed by atoms with Crippen molar-refractivity contribution in [3.8, 4) is 0 Å². The maximum Gasteiger partial charge on any atom is 0.309 e. The minimum Gasteiger partial charge on any atom is -0.465 e. The lowest BCUT2D eigenvalue weighted by Crippen LogP contribution is -2.40. The van der Waals surface area contributed by atoms with Gasteiger partial charge in [0.2, 0.25) is 0 Å². The Balaban J connectivity index is 1.94. The van der Waals surface area contributed by atoms with Crippen LogP contribution in [0.15, 0.2) is 24.3 Å². The minimum absolute atomic E-state index is 0.00744. The molecule has 0 saturated carbocycles. The van der Waals surface area contributed by atoms with Gasteiger partial charge in [0.25, 0.3) is 0 Å². The first kappa shape index (κ1) is 32.4. The van der Waals surface area contributed by atoms with Gasteiger partial charge in [0.15, 0.2) is 0 Å². The summed E-state index contributed by atoms with van der Waals surface area (Å²) in [4.78, 5) is 26.7. The van der Waals surface area contributed by atoms with E-state index in [1.54, 1.807) is 0 Å². The van der Waals surface area contributed by atoms with Crippen molar-refractivity contribution in [2.45, 2.75) is 124 Å². The molecule has 1 fully saturated rings. The second-order valence-corrected chi connectivity index (χ2v) is 10.8. The molecule has 1 saturated heterocycles. The van der Waals surface area contributed by atoms with Crippen molar-refractivity contribution in [2.75, 3.05) is 26.3 Å². The second-order valence-electron chi connectivity index (χ2n) is 10.8. The monoisotopic (exact) mass is 505 g/mol. The molecule has 0 aromatic heterocycles. The fraction of sp³-hybridized carbons (Fsp3) is 0.806. The van der Waals surface area contributed by atoms with Crippen molar-refractivity contribution in [1.29, 1.82) is 0 Å². The van der Waals surface area contributed by atoms with Crippen molar-refractivity contribution in [2.24, 2.45) is 11.8 Å². The molecule has 1 heterocycles. The van der Waals surface area contributed by atoms with Crippen LogP contribution in [0.1, 0.15) is 118 Å². The highest BCUT2D eigenvalue weighted by molar-refractivity contribution is 5.72.